The van der Waals surface area contributed by atoms with Gasteiger partial charge in [-0.2, -0.15) is 16.9 Å². The summed E-state index contributed by atoms with van der Waals surface area (Å²) in [5.41, 5.74) is 3.60. The molecule has 1 aliphatic rings. The van der Waals surface area contributed by atoms with Gasteiger partial charge in [-0.25, -0.2) is 14.6 Å². The predicted molar refractivity (Wildman–Crippen MR) is 102 cm³/mol. The second-order valence-electron chi connectivity index (χ2n) is 6.41. The molecule has 130 valence electrons. The van der Waals surface area contributed by atoms with Gasteiger partial charge in [-0.05, 0) is 43.7 Å². The van der Waals surface area contributed by atoms with Crippen LogP contribution in [-0.2, 0) is 10.3 Å². The maximum Gasteiger partial charge on any atom is 0.154 e. The zero-order valence-corrected chi connectivity index (χ0v) is 16.0. The van der Waals surface area contributed by atoms with Gasteiger partial charge < -0.3 is 4.74 Å². The molecule has 0 saturated carbocycles. The topological polar surface area (TPSA) is 52.8 Å². The number of ether oxygens (including phenoxy) is 1. The molecule has 1 unspecified atom stereocenters. The molecule has 7 heteroatoms. The van der Waals surface area contributed by atoms with Crippen LogP contribution in [0.4, 0.5) is 0 Å². The Labute approximate surface area is 155 Å². The molecule has 1 saturated heterocycles. The molecule has 4 heterocycles. The van der Waals surface area contributed by atoms with Crippen LogP contribution in [0, 0.1) is 13.8 Å². The Bertz CT molecular complexity index is 950. The van der Waals surface area contributed by atoms with Crippen LogP contribution < -0.4 is 0 Å². The summed E-state index contributed by atoms with van der Waals surface area (Å²) in [4.78, 5) is 9.09. The molecule has 0 aromatic carbocycles. The van der Waals surface area contributed by atoms with Crippen LogP contribution in [0.2, 0.25) is 5.15 Å². The molecule has 3 aromatic heterocycles. The lowest BCUT2D eigenvalue weighted by Gasteiger charge is -2.26. The van der Waals surface area contributed by atoms with E-state index in [0.29, 0.717) is 5.15 Å². The van der Waals surface area contributed by atoms with Crippen LogP contribution in [0.1, 0.15) is 23.4 Å². The van der Waals surface area contributed by atoms with E-state index in [4.69, 9.17) is 21.3 Å². The van der Waals surface area contributed by atoms with E-state index in [1.807, 2.05) is 35.5 Å². The number of rotatable bonds is 3. The number of pyridine rings is 2. The normalized spacial score (nSPS) is 20.5. The Morgan fingerprint density at radius 2 is 2.12 bits per heavy atom. The fraction of sp³-hybridized carbons (Fsp3) is 0.389. The van der Waals surface area contributed by atoms with Crippen LogP contribution in [0.5, 0.6) is 0 Å². The summed E-state index contributed by atoms with van der Waals surface area (Å²) in [5, 5.41) is 6.09. The third-order valence-electron chi connectivity index (χ3n) is 4.73. The zero-order chi connectivity index (χ0) is 17.6. The molecule has 4 rings (SSSR count). The number of thioether (sulfide) groups is 1. The summed E-state index contributed by atoms with van der Waals surface area (Å²) < 4.78 is 7.75. The first-order chi connectivity index (χ1) is 12.0. The number of halogens is 1. The van der Waals surface area contributed by atoms with Gasteiger partial charge in [-0.3, -0.25) is 0 Å². The highest BCUT2D eigenvalue weighted by molar-refractivity contribution is 7.99. The van der Waals surface area contributed by atoms with Crippen molar-refractivity contribution in [2.45, 2.75) is 25.9 Å². The van der Waals surface area contributed by atoms with Crippen molar-refractivity contribution in [1.29, 1.82) is 0 Å². The predicted octanol–water partition coefficient (Wildman–Crippen LogP) is 4.06. The number of aryl methyl sites for hydroxylation is 2. The van der Waals surface area contributed by atoms with Crippen molar-refractivity contribution in [1.82, 2.24) is 19.7 Å². The van der Waals surface area contributed by atoms with E-state index < -0.39 is 0 Å². The van der Waals surface area contributed by atoms with E-state index in [-0.39, 0.29) is 5.60 Å². The first-order valence-electron chi connectivity index (χ1n) is 8.16. The largest absolute Gasteiger partial charge is 0.371 e. The molecular weight excluding hydrogens is 356 g/mol. The molecule has 1 aliphatic heterocycles. The Morgan fingerprint density at radius 3 is 2.84 bits per heavy atom. The Kier molecular flexibility index (Phi) is 4.22. The minimum Gasteiger partial charge on any atom is -0.371 e. The summed E-state index contributed by atoms with van der Waals surface area (Å²) in [6, 6.07) is 5.99. The van der Waals surface area contributed by atoms with E-state index in [1.54, 1.807) is 13.3 Å². The average Bonchev–Trinajstić information content (AvgIpc) is 3.20. The fourth-order valence-electron chi connectivity index (χ4n) is 3.31. The number of nitrogens with zero attached hydrogens (tertiary/aromatic N) is 4. The zero-order valence-electron chi connectivity index (χ0n) is 14.4. The minimum absolute atomic E-state index is 0.317. The average molecular weight is 375 g/mol. The highest BCUT2D eigenvalue weighted by Gasteiger charge is 2.38. The van der Waals surface area contributed by atoms with E-state index in [9.17, 15) is 0 Å². The molecule has 0 amide bonds. The lowest BCUT2D eigenvalue weighted by Crippen LogP contribution is -2.29. The summed E-state index contributed by atoms with van der Waals surface area (Å²) in [7, 11) is 1.77. The van der Waals surface area contributed by atoms with Gasteiger partial charge in [-0.15, -0.1) is 0 Å². The smallest absolute Gasteiger partial charge is 0.154 e. The Hall–Kier alpha value is -1.63. The van der Waals surface area contributed by atoms with Gasteiger partial charge >= 0.3 is 0 Å². The molecule has 0 bridgehead atoms. The Balaban J connectivity index is 1.91. The highest BCUT2D eigenvalue weighted by atomic mass is 35.5. The number of hydrogen-bond acceptors (Lipinski definition) is 5. The third kappa shape index (κ3) is 2.82. The van der Waals surface area contributed by atoms with Gasteiger partial charge in [0.05, 0.1) is 16.9 Å². The molecule has 0 N–H and O–H groups in total. The van der Waals surface area contributed by atoms with Crippen LogP contribution in [0.25, 0.3) is 16.7 Å². The van der Waals surface area contributed by atoms with Crippen molar-refractivity contribution in [3.8, 4) is 5.82 Å². The van der Waals surface area contributed by atoms with Crippen LogP contribution in [-0.4, -0.2) is 38.4 Å². The van der Waals surface area contributed by atoms with Gasteiger partial charge in [0, 0.05) is 30.5 Å². The molecule has 1 atom stereocenters. The monoisotopic (exact) mass is 374 g/mol. The van der Waals surface area contributed by atoms with Gasteiger partial charge in [0.2, 0.25) is 0 Å². The number of aromatic nitrogens is 4. The molecule has 1 fully saturated rings. The van der Waals surface area contributed by atoms with Crippen molar-refractivity contribution < 1.29 is 4.74 Å². The summed E-state index contributed by atoms with van der Waals surface area (Å²) >= 11 is 8.01. The maximum atomic E-state index is 6.10. The molecular formula is C18H19ClN4OS. The third-order valence-corrected chi connectivity index (χ3v) is 6.10. The summed E-state index contributed by atoms with van der Waals surface area (Å²) in [6.07, 6.45) is 2.73. The number of fused-ring (bicyclic) bond motifs is 1. The fourth-order valence-corrected chi connectivity index (χ4v) is 4.82. The first-order valence-corrected chi connectivity index (χ1v) is 9.69. The second kappa shape index (κ2) is 6.27. The van der Waals surface area contributed by atoms with Crippen LogP contribution in [0.15, 0.2) is 24.4 Å². The lowest BCUT2D eigenvalue weighted by molar-refractivity contribution is 0.00533. The molecule has 3 aromatic rings. The maximum absolute atomic E-state index is 6.10. The van der Waals surface area contributed by atoms with E-state index >= 15 is 0 Å². The SMILES string of the molecule is COC1(c2cc(C)cc(-n3nc(C)c4cnc(Cl)cc43)n2)CCSC1. The van der Waals surface area contributed by atoms with Crippen molar-refractivity contribution in [2.75, 3.05) is 18.6 Å². The number of methoxy groups -OCH3 is 1. The quantitative estimate of drug-likeness (QED) is 0.647. The van der Waals surface area contributed by atoms with Gasteiger partial charge in [0.1, 0.15) is 10.8 Å². The molecule has 0 spiro atoms. The van der Waals surface area contributed by atoms with Crippen molar-refractivity contribution >= 4 is 34.3 Å². The van der Waals surface area contributed by atoms with Gasteiger partial charge in [0.25, 0.3) is 0 Å². The Morgan fingerprint density at radius 1 is 1.28 bits per heavy atom. The van der Waals surface area contributed by atoms with Crippen molar-refractivity contribution in [2.24, 2.45) is 0 Å². The molecule has 25 heavy (non-hydrogen) atoms. The molecule has 0 aliphatic carbocycles. The number of hydrogen-bond donors (Lipinski definition) is 0. The first kappa shape index (κ1) is 16.8. The minimum atomic E-state index is -0.317. The van der Waals surface area contributed by atoms with Gasteiger partial charge in [-0.1, -0.05) is 11.6 Å². The molecule has 5 nitrogen and oxygen atoms in total. The standard InChI is InChI=1S/C18H19ClN4OS/c1-11-6-15(18(24-3)4-5-25-10-18)21-17(7-11)23-14-8-16(19)20-9-13(14)12(2)22-23/h6-9H,4-5,10H2,1-3H3. The summed E-state index contributed by atoms with van der Waals surface area (Å²) in [6.45, 7) is 4.04. The molecule has 0 radical (unpaired) electrons. The highest BCUT2D eigenvalue weighted by Crippen LogP contribution is 2.39. The lowest BCUT2D eigenvalue weighted by atomic mass is 9.97. The van der Waals surface area contributed by atoms with E-state index in [0.717, 1.165) is 51.6 Å². The van der Waals surface area contributed by atoms with Crippen molar-refractivity contribution in [3.63, 3.8) is 0 Å². The van der Waals surface area contributed by atoms with E-state index in [2.05, 4.69) is 23.1 Å². The van der Waals surface area contributed by atoms with E-state index in [1.165, 1.54) is 0 Å². The second-order valence-corrected chi connectivity index (χ2v) is 7.90. The van der Waals surface area contributed by atoms with Crippen LogP contribution in [0.3, 0.4) is 0 Å². The van der Waals surface area contributed by atoms with Gasteiger partial charge in [0.15, 0.2) is 5.82 Å². The van der Waals surface area contributed by atoms with Crippen molar-refractivity contribution in [3.05, 3.63) is 46.5 Å². The summed E-state index contributed by atoms with van der Waals surface area (Å²) in [5.74, 6) is 2.79. The van der Waals surface area contributed by atoms with Crippen LogP contribution >= 0.6 is 23.4 Å².